The summed E-state index contributed by atoms with van der Waals surface area (Å²) in [4.78, 5) is 13.9. The van der Waals surface area contributed by atoms with Crippen molar-refractivity contribution >= 4 is 15.6 Å². The van der Waals surface area contributed by atoms with Gasteiger partial charge in [0.2, 0.25) is 0 Å². The Hall–Kier alpha value is 0.0149. The van der Waals surface area contributed by atoms with E-state index in [1.807, 2.05) is 0 Å². The molecule has 0 amide bonds. The molecule has 10 heteroatoms. The summed E-state index contributed by atoms with van der Waals surface area (Å²) in [5.74, 6) is 5.08. The average molecular weight is 462 g/mol. The molecule has 0 aromatic heterocycles. The Morgan fingerprint density at radius 2 is 1.39 bits per heavy atom. The highest BCUT2D eigenvalue weighted by Gasteiger charge is 2.46. The molecule has 2 radical (unpaired) electrons. The molecule has 0 aromatic rings. The minimum Gasteiger partial charge on any atom is -0.377 e. The molecule has 1 aliphatic rings. The van der Waals surface area contributed by atoms with Crippen molar-refractivity contribution in [2.45, 2.75) is 121 Å². The molecule has 5 atom stereocenters. The van der Waals surface area contributed by atoms with Gasteiger partial charge in [0.15, 0.2) is 0 Å². The van der Waals surface area contributed by atoms with Gasteiger partial charge in [-0.2, -0.15) is 0 Å². The third-order valence-electron chi connectivity index (χ3n) is 5.69. The van der Waals surface area contributed by atoms with E-state index in [0.717, 1.165) is 12.8 Å². The van der Waals surface area contributed by atoms with Crippen LogP contribution in [-0.2, 0) is 23.4 Å². The number of hydrogen-bond acceptors (Lipinski definition) is 6. The molecule has 8 nitrogen and oxygen atoms in total. The van der Waals surface area contributed by atoms with Gasteiger partial charge in [-0.25, -0.2) is 16.0 Å². The Balaban J connectivity index is 2.06. The van der Waals surface area contributed by atoms with Crippen molar-refractivity contribution in [1.29, 1.82) is 0 Å². The van der Waals surface area contributed by atoms with Crippen LogP contribution in [0.3, 0.4) is 0 Å². The summed E-state index contributed by atoms with van der Waals surface area (Å²) in [5.41, 5.74) is 5.13. The van der Waals surface area contributed by atoms with Crippen LogP contribution in [0.5, 0.6) is 0 Å². The zero-order valence-corrected chi connectivity index (χ0v) is 20.2. The fourth-order valence-corrected chi connectivity index (χ4v) is 4.60. The van der Waals surface area contributed by atoms with Crippen LogP contribution in [0, 0.1) is 0 Å². The normalized spacial score (nSPS) is 25.7. The minimum absolute atomic E-state index is 0.0446. The second kappa shape index (κ2) is 17.5. The molecule has 182 valence electrons. The summed E-state index contributed by atoms with van der Waals surface area (Å²) in [7, 11) is 1.71. The van der Waals surface area contributed by atoms with Gasteiger partial charge in [-0.1, -0.05) is 90.4 Å². The third-order valence-corrected chi connectivity index (χ3v) is 6.23. The Morgan fingerprint density at radius 3 is 1.84 bits per heavy atom. The van der Waals surface area contributed by atoms with Gasteiger partial charge < -0.3 is 19.2 Å². The molecule has 1 fully saturated rings. The predicted molar refractivity (Wildman–Crippen MR) is 123 cm³/mol. The number of unbranched alkanes of at least 4 members (excludes halogenated alkanes) is 13. The van der Waals surface area contributed by atoms with Crippen molar-refractivity contribution in [3.8, 4) is 0 Å². The molecule has 0 aromatic carbocycles. The first-order chi connectivity index (χ1) is 14.9. The zero-order valence-electron chi connectivity index (χ0n) is 19.3. The maximum Gasteiger partial charge on any atom is 0.400 e. The van der Waals surface area contributed by atoms with Crippen LogP contribution in [0.25, 0.3) is 0 Å². The average Bonchev–Trinajstić information content (AvgIpc) is 2.98. The summed E-state index contributed by atoms with van der Waals surface area (Å²) in [6.45, 7) is 2.68. The predicted octanol–water partition coefficient (Wildman–Crippen LogP) is 4.08. The van der Waals surface area contributed by atoms with Crippen molar-refractivity contribution in [1.82, 2.24) is 0 Å². The van der Waals surface area contributed by atoms with E-state index in [4.69, 9.17) is 33.2 Å². The minimum atomic E-state index is -4.23. The van der Waals surface area contributed by atoms with E-state index >= 15 is 0 Å². The Morgan fingerprint density at radius 1 is 0.903 bits per heavy atom. The molecule has 0 bridgehead atoms. The van der Waals surface area contributed by atoms with E-state index in [-0.39, 0.29) is 6.61 Å². The lowest BCUT2D eigenvalue weighted by Crippen LogP contribution is -2.39. The van der Waals surface area contributed by atoms with Crippen LogP contribution in [0.4, 0.5) is 0 Å². The van der Waals surface area contributed by atoms with Crippen LogP contribution in [-0.4, -0.2) is 50.3 Å². The quantitative estimate of drug-likeness (QED) is 0.107. The molecular formula is C21H44BN2O6P. The SMILES string of the molecule is [B][C@@H]1O[C@H](CON)C(OP(N)(=O)O)C1OCCCCCCCCCCCCCCCC. The van der Waals surface area contributed by atoms with Gasteiger partial charge in [-0.15, -0.1) is 0 Å². The second-order valence-electron chi connectivity index (χ2n) is 8.54. The van der Waals surface area contributed by atoms with Crippen LogP contribution in [0.1, 0.15) is 96.8 Å². The smallest absolute Gasteiger partial charge is 0.377 e. The van der Waals surface area contributed by atoms with E-state index in [9.17, 15) is 9.46 Å². The van der Waals surface area contributed by atoms with Crippen molar-refractivity contribution in [3.05, 3.63) is 0 Å². The second-order valence-corrected chi connectivity index (χ2v) is 9.88. The lowest BCUT2D eigenvalue weighted by Gasteiger charge is -2.24. The molecule has 1 saturated heterocycles. The van der Waals surface area contributed by atoms with Gasteiger partial charge in [0.25, 0.3) is 0 Å². The van der Waals surface area contributed by atoms with E-state index in [0.29, 0.717) is 6.61 Å². The zero-order chi connectivity index (χ0) is 23.0. The topological polar surface area (TPSA) is 126 Å². The number of ether oxygens (including phenoxy) is 2. The first-order valence-electron chi connectivity index (χ1n) is 12.0. The summed E-state index contributed by atoms with van der Waals surface area (Å²) < 4.78 is 27.8. The van der Waals surface area contributed by atoms with Crippen molar-refractivity contribution < 1.29 is 28.3 Å². The lowest BCUT2D eigenvalue weighted by molar-refractivity contribution is -0.0343. The lowest BCUT2D eigenvalue weighted by atomic mass is 9.93. The largest absolute Gasteiger partial charge is 0.400 e. The molecule has 5 N–H and O–H groups in total. The van der Waals surface area contributed by atoms with Crippen molar-refractivity contribution in [3.63, 3.8) is 0 Å². The molecular weight excluding hydrogens is 418 g/mol. The van der Waals surface area contributed by atoms with Gasteiger partial charge >= 0.3 is 7.75 Å². The fourth-order valence-electron chi connectivity index (χ4n) is 3.99. The number of rotatable bonds is 20. The maximum atomic E-state index is 11.5. The van der Waals surface area contributed by atoms with Gasteiger partial charge in [0, 0.05) is 12.6 Å². The molecule has 1 rings (SSSR count). The van der Waals surface area contributed by atoms with E-state index in [1.54, 1.807) is 0 Å². The summed E-state index contributed by atoms with van der Waals surface area (Å²) in [6, 6.07) is -0.802. The monoisotopic (exact) mass is 462 g/mol. The van der Waals surface area contributed by atoms with Crippen LogP contribution < -0.4 is 11.4 Å². The van der Waals surface area contributed by atoms with Crippen molar-refractivity contribution in [2.75, 3.05) is 13.2 Å². The summed E-state index contributed by atoms with van der Waals surface area (Å²) >= 11 is 0. The number of hydrogen-bond donors (Lipinski definition) is 3. The molecule has 0 aliphatic carbocycles. The summed E-state index contributed by atoms with van der Waals surface area (Å²) in [6.07, 6.45) is 15.6. The molecule has 1 heterocycles. The molecule has 1 aliphatic heterocycles. The highest BCUT2D eigenvalue weighted by molar-refractivity contribution is 7.50. The first kappa shape index (κ1) is 29.0. The fraction of sp³-hybridized carbons (Fsp3) is 1.00. The van der Waals surface area contributed by atoms with E-state index in [1.165, 1.54) is 77.0 Å². The number of nitrogens with two attached hydrogens (primary N) is 2. The Kier molecular flexibility index (Phi) is 16.4. The van der Waals surface area contributed by atoms with Crippen LogP contribution in [0.15, 0.2) is 0 Å². The van der Waals surface area contributed by atoms with E-state index < -0.39 is 32.1 Å². The molecule has 0 saturated carbocycles. The van der Waals surface area contributed by atoms with Crippen molar-refractivity contribution in [2.24, 2.45) is 11.4 Å². The highest BCUT2D eigenvalue weighted by Crippen LogP contribution is 2.39. The molecule has 0 spiro atoms. The van der Waals surface area contributed by atoms with Gasteiger partial charge in [0.1, 0.15) is 26.2 Å². The standard InChI is InChI=1S/C21H44BN2O6P/c1-2-3-4-5-6-7-8-9-10-11-12-13-14-15-16-27-20-19(30-31(24,25)26)18(17-28-23)29-21(20)22/h18-21H,2-17,23H2,1H3,(H3,24,25,26)/t18-,19?,20?,21-/m1/s1. The van der Waals surface area contributed by atoms with Gasteiger partial charge in [0.05, 0.1) is 6.61 Å². The van der Waals surface area contributed by atoms with Crippen LogP contribution >= 0.6 is 7.75 Å². The molecule has 3 unspecified atom stereocenters. The Labute approximate surface area is 190 Å². The van der Waals surface area contributed by atoms with Crippen LogP contribution in [0.2, 0.25) is 0 Å². The van der Waals surface area contributed by atoms with E-state index in [2.05, 4.69) is 11.8 Å². The van der Waals surface area contributed by atoms with Gasteiger partial charge in [-0.3, -0.25) is 4.52 Å². The highest BCUT2D eigenvalue weighted by atomic mass is 31.2. The molecule has 31 heavy (non-hydrogen) atoms. The van der Waals surface area contributed by atoms with Gasteiger partial charge in [-0.05, 0) is 6.42 Å². The third kappa shape index (κ3) is 14.0. The summed E-state index contributed by atoms with van der Waals surface area (Å²) in [5, 5.41) is 0. The maximum absolute atomic E-state index is 11.5. The first-order valence-corrected chi connectivity index (χ1v) is 13.7. The Bertz CT molecular complexity index is 485.